The van der Waals surface area contributed by atoms with Crippen LogP contribution in [0.15, 0.2) is 16.7 Å². The van der Waals surface area contributed by atoms with Gasteiger partial charge in [-0.15, -0.1) is 0 Å². The average Bonchev–Trinajstić information content (AvgIpc) is 2.94. The first-order valence-corrected chi connectivity index (χ1v) is 6.72. The van der Waals surface area contributed by atoms with Crippen LogP contribution in [0.3, 0.4) is 0 Å². The highest BCUT2D eigenvalue weighted by Gasteiger charge is 2.26. The fourth-order valence-electron chi connectivity index (χ4n) is 2.27. The maximum atomic E-state index is 9.09. The van der Waals surface area contributed by atoms with E-state index in [0.29, 0.717) is 37.1 Å². The Morgan fingerprint density at radius 2 is 2.19 bits per heavy atom. The Hall–Kier alpha value is -2.46. The molecule has 7 heteroatoms. The maximum Gasteiger partial charge on any atom is 0.223 e. The number of ether oxygens (including phenoxy) is 1. The Bertz CT molecular complexity index is 691. The van der Waals surface area contributed by atoms with Crippen molar-refractivity contribution in [3.8, 4) is 6.07 Å². The summed E-state index contributed by atoms with van der Waals surface area (Å²) in [4.78, 5) is 10.7. The van der Waals surface area contributed by atoms with Crippen LogP contribution in [-0.4, -0.2) is 34.8 Å². The minimum absolute atomic E-state index is 0.246. The molecule has 3 heterocycles. The van der Waals surface area contributed by atoms with Crippen LogP contribution >= 0.6 is 0 Å². The van der Waals surface area contributed by atoms with E-state index < -0.39 is 0 Å². The Morgan fingerprint density at radius 3 is 2.90 bits per heavy atom. The molecule has 0 N–H and O–H groups in total. The molecule has 0 spiro atoms. The number of hydrogen-bond donors (Lipinski definition) is 0. The standard InChI is InChI=1S/C14H15N5O2/c1-9-3-4-13(17-11(9)7-15)19-5-6-20-12(8-19)14-16-10(2)21-18-14/h3-4,12H,5-6,8H2,1-2H3/t12-/m0/s1. The van der Waals surface area contributed by atoms with Crippen molar-refractivity contribution in [3.05, 3.63) is 35.1 Å². The van der Waals surface area contributed by atoms with E-state index in [9.17, 15) is 0 Å². The number of hydrogen-bond acceptors (Lipinski definition) is 7. The number of morpholine rings is 1. The van der Waals surface area contributed by atoms with Crippen molar-refractivity contribution in [2.45, 2.75) is 20.0 Å². The van der Waals surface area contributed by atoms with Crippen molar-refractivity contribution in [1.82, 2.24) is 15.1 Å². The third-order valence-electron chi connectivity index (χ3n) is 3.41. The molecule has 21 heavy (non-hydrogen) atoms. The van der Waals surface area contributed by atoms with Gasteiger partial charge in [0, 0.05) is 13.5 Å². The van der Waals surface area contributed by atoms with Crippen LogP contribution in [0.2, 0.25) is 0 Å². The molecule has 1 saturated heterocycles. The molecule has 0 aromatic carbocycles. The molecule has 1 atom stereocenters. The molecular weight excluding hydrogens is 270 g/mol. The molecule has 0 amide bonds. The molecule has 2 aromatic heterocycles. The van der Waals surface area contributed by atoms with Crippen molar-refractivity contribution in [2.75, 3.05) is 24.6 Å². The van der Waals surface area contributed by atoms with E-state index in [1.54, 1.807) is 6.92 Å². The second-order valence-corrected chi connectivity index (χ2v) is 4.92. The summed E-state index contributed by atoms with van der Waals surface area (Å²) in [6.07, 6.45) is -0.246. The number of anilines is 1. The normalized spacial score (nSPS) is 18.5. The molecule has 0 unspecified atom stereocenters. The average molecular weight is 285 g/mol. The van der Waals surface area contributed by atoms with Crippen molar-refractivity contribution < 1.29 is 9.26 Å². The van der Waals surface area contributed by atoms with Gasteiger partial charge in [0.1, 0.15) is 23.7 Å². The van der Waals surface area contributed by atoms with Crippen LogP contribution in [0.25, 0.3) is 0 Å². The molecule has 0 aliphatic carbocycles. The third-order valence-corrected chi connectivity index (χ3v) is 3.41. The van der Waals surface area contributed by atoms with E-state index in [0.717, 1.165) is 11.4 Å². The second kappa shape index (κ2) is 5.50. The molecule has 1 aliphatic rings. The Labute approximate surface area is 122 Å². The van der Waals surface area contributed by atoms with E-state index in [4.69, 9.17) is 14.5 Å². The Kier molecular flexibility index (Phi) is 3.54. The lowest BCUT2D eigenvalue weighted by molar-refractivity contribution is 0.0323. The summed E-state index contributed by atoms with van der Waals surface area (Å²) >= 11 is 0. The quantitative estimate of drug-likeness (QED) is 0.826. The van der Waals surface area contributed by atoms with Gasteiger partial charge in [-0.1, -0.05) is 11.2 Å². The minimum atomic E-state index is -0.246. The van der Waals surface area contributed by atoms with E-state index in [-0.39, 0.29) is 6.10 Å². The van der Waals surface area contributed by atoms with E-state index in [1.807, 2.05) is 19.1 Å². The smallest absolute Gasteiger partial charge is 0.223 e. The SMILES string of the molecule is Cc1nc([C@@H]2CN(c3ccc(C)c(C#N)n3)CCO2)no1. The van der Waals surface area contributed by atoms with Gasteiger partial charge in [-0.05, 0) is 18.6 Å². The summed E-state index contributed by atoms with van der Waals surface area (Å²) in [7, 11) is 0. The van der Waals surface area contributed by atoms with Gasteiger partial charge in [-0.25, -0.2) is 4.98 Å². The summed E-state index contributed by atoms with van der Waals surface area (Å²) < 4.78 is 10.7. The van der Waals surface area contributed by atoms with Crippen LogP contribution in [0, 0.1) is 25.2 Å². The highest BCUT2D eigenvalue weighted by molar-refractivity contribution is 5.45. The monoisotopic (exact) mass is 285 g/mol. The number of nitrogens with zero attached hydrogens (tertiary/aromatic N) is 5. The van der Waals surface area contributed by atoms with Crippen molar-refractivity contribution in [3.63, 3.8) is 0 Å². The molecule has 108 valence electrons. The lowest BCUT2D eigenvalue weighted by Gasteiger charge is -2.32. The summed E-state index contributed by atoms with van der Waals surface area (Å²) in [5.74, 6) is 1.83. The number of aromatic nitrogens is 3. The maximum absolute atomic E-state index is 9.09. The van der Waals surface area contributed by atoms with Crippen molar-refractivity contribution in [1.29, 1.82) is 5.26 Å². The number of pyridine rings is 1. The van der Waals surface area contributed by atoms with E-state index >= 15 is 0 Å². The lowest BCUT2D eigenvalue weighted by Crippen LogP contribution is -2.39. The number of nitriles is 1. The topological polar surface area (TPSA) is 88.1 Å². The van der Waals surface area contributed by atoms with Crippen LogP contribution in [0.1, 0.15) is 29.1 Å². The third kappa shape index (κ3) is 2.71. The predicted molar refractivity (Wildman–Crippen MR) is 73.6 cm³/mol. The number of aryl methyl sites for hydroxylation is 2. The van der Waals surface area contributed by atoms with Crippen LogP contribution in [0.4, 0.5) is 5.82 Å². The van der Waals surface area contributed by atoms with Gasteiger partial charge in [-0.3, -0.25) is 0 Å². The first-order chi connectivity index (χ1) is 10.2. The van der Waals surface area contributed by atoms with Crippen LogP contribution in [0.5, 0.6) is 0 Å². The van der Waals surface area contributed by atoms with Crippen LogP contribution < -0.4 is 4.90 Å². The zero-order chi connectivity index (χ0) is 14.8. The molecule has 0 bridgehead atoms. The molecular formula is C14H15N5O2. The first-order valence-electron chi connectivity index (χ1n) is 6.72. The molecule has 2 aromatic rings. The van der Waals surface area contributed by atoms with Gasteiger partial charge in [0.05, 0.1) is 13.2 Å². The Balaban J connectivity index is 1.81. The van der Waals surface area contributed by atoms with Crippen LogP contribution in [-0.2, 0) is 4.74 Å². The molecule has 3 rings (SSSR count). The molecule has 1 fully saturated rings. The highest BCUT2D eigenvalue weighted by atomic mass is 16.5. The zero-order valence-corrected chi connectivity index (χ0v) is 11.9. The van der Waals surface area contributed by atoms with Crippen molar-refractivity contribution in [2.24, 2.45) is 0 Å². The molecule has 0 radical (unpaired) electrons. The highest BCUT2D eigenvalue weighted by Crippen LogP contribution is 2.24. The zero-order valence-electron chi connectivity index (χ0n) is 11.9. The summed E-state index contributed by atoms with van der Waals surface area (Å²) in [5, 5.41) is 13.0. The summed E-state index contributed by atoms with van der Waals surface area (Å²) in [6, 6.07) is 5.94. The Morgan fingerprint density at radius 1 is 1.33 bits per heavy atom. The first kappa shape index (κ1) is 13.5. The summed E-state index contributed by atoms with van der Waals surface area (Å²) in [6.45, 7) is 5.47. The molecule has 1 aliphatic heterocycles. The predicted octanol–water partition coefficient (Wildman–Crippen LogP) is 1.53. The van der Waals surface area contributed by atoms with Gasteiger partial charge < -0.3 is 14.2 Å². The van der Waals surface area contributed by atoms with Gasteiger partial charge in [0.25, 0.3) is 0 Å². The fraction of sp³-hybridized carbons (Fsp3) is 0.429. The van der Waals surface area contributed by atoms with E-state index in [2.05, 4.69) is 26.1 Å². The minimum Gasteiger partial charge on any atom is -0.366 e. The van der Waals surface area contributed by atoms with Gasteiger partial charge in [0.2, 0.25) is 11.7 Å². The number of rotatable bonds is 2. The van der Waals surface area contributed by atoms with Gasteiger partial charge in [0.15, 0.2) is 0 Å². The largest absolute Gasteiger partial charge is 0.366 e. The molecule has 7 nitrogen and oxygen atoms in total. The molecule has 0 saturated carbocycles. The fourth-order valence-corrected chi connectivity index (χ4v) is 2.27. The van der Waals surface area contributed by atoms with Gasteiger partial charge >= 0.3 is 0 Å². The summed E-state index contributed by atoms with van der Waals surface area (Å²) in [5.41, 5.74) is 1.32. The van der Waals surface area contributed by atoms with Crippen molar-refractivity contribution >= 4 is 5.82 Å². The second-order valence-electron chi connectivity index (χ2n) is 4.92. The lowest BCUT2D eigenvalue weighted by atomic mass is 10.2. The van der Waals surface area contributed by atoms with Gasteiger partial charge in [-0.2, -0.15) is 10.2 Å². The van der Waals surface area contributed by atoms with E-state index in [1.165, 1.54) is 0 Å².